The van der Waals surface area contributed by atoms with Crippen LogP contribution in [0.3, 0.4) is 0 Å². The molecule has 0 aliphatic rings. The number of hydrogen-bond donors (Lipinski definition) is 0. The maximum Gasteiger partial charge on any atom is 0.169 e. The molecule has 0 aliphatic heterocycles. The maximum absolute atomic E-state index is 13.2. The molecule has 4 aromatic rings. The largest absolute Gasteiger partial charge is 0.314 e. The van der Waals surface area contributed by atoms with Crippen LogP contribution in [0.25, 0.3) is 11.0 Å². The van der Waals surface area contributed by atoms with Crippen LogP contribution in [0.4, 0.5) is 8.78 Å². The van der Waals surface area contributed by atoms with Crippen molar-refractivity contribution in [1.29, 1.82) is 0 Å². The number of fused-ring (bicyclic) bond motifs is 1. The molecule has 0 fully saturated rings. The fraction of sp³-hybridized carbons (Fsp3) is 0.0952. The van der Waals surface area contributed by atoms with Gasteiger partial charge in [0.15, 0.2) is 5.16 Å². The summed E-state index contributed by atoms with van der Waals surface area (Å²) in [5, 5.41) is 0.889. The van der Waals surface area contributed by atoms with Crippen LogP contribution in [0.1, 0.15) is 11.1 Å². The van der Waals surface area contributed by atoms with Crippen LogP contribution in [-0.2, 0) is 12.3 Å². The lowest BCUT2D eigenvalue weighted by Crippen LogP contribution is -2.01. The Hall–Kier alpha value is -2.66. The minimum atomic E-state index is -0.241. The summed E-state index contributed by atoms with van der Waals surface area (Å²) < 4.78 is 28.4. The van der Waals surface area contributed by atoms with E-state index in [4.69, 9.17) is 4.98 Å². The first-order chi connectivity index (χ1) is 12.7. The Kier molecular flexibility index (Phi) is 4.71. The van der Waals surface area contributed by atoms with Crippen molar-refractivity contribution in [1.82, 2.24) is 9.55 Å². The highest BCUT2D eigenvalue weighted by Crippen LogP contribution is 2.27. The van der Waals surface area contributed by atoms with Crippen LogP contribution in [-0.4, -0.2) is 9.55 Å². The molecule has 130 valence electrons. The zero-order valence-electron chi connectivity index (χ0n) is 13.9. The molecule has 0 saturated carbocycles. The summed E-state index contributed by atoms with van der Waals surface area (Å²) in [6.45, 7) is 0.618. The van der Waals surface area contributed by atoms with Gasteiger partial charge in [-0.2, -0.15) is 0 Å². The summed E-state index contributed by atoms with van der Waals surface area (Å²) >= 11 is 1.61. The first-order valence-corrected chi connectivity index (χ1v) is 9.24. The van der Waals surface area contributed by atoms with Crippen molar-refractivity contribution in [3.05, 3.63) is 95.6 Å². The summed E-state index contributed by atoms with van der Waals surface area (Å²) in [4.78, 5) is 4.74. The number of aromatic nitrogens is 2. The molecule has 0 saturated heterocycles. The van der Waals surface area contributed by atoms with Crippen molar-refractivity contribution < 1.29 is 8.78 Å². The van der Waals surface area contributed by atoms with E-state index in [1.165, 1.54) is 24.3 Å². The van der Waals surface area contributed by atoms with Gasteiger partial charge in [0.1, 0.15) is 11.6 Å². The van der Waals surface area contributed by atoms with Gasteiger partial charge in [-0.25, -0.2) is 13.8 Å². The third-order valence-electron chi connectivity index (χ3n) is 4.15. The third kappa shape index (κ3) is 3.63. The molecule has 0 atom stereocenters. The zero-order chi connectivity index (χ0) is 17.9. The summed E-state index contributed by atoms with van der Waals surface area (Å²) in [7, 11) is 0. The molecule has 5 heteroatoms. The van der Waals surface area contributed by atoms with Gasteiger partial charge >= 0.3 is 0 Å². The molecule has 2 nitrogen and oxygen atoms in total. The SMILES string of the molecule is Fc1ccc(CSc2nc3ccccc3n2Cc2ccc(F)cc2)cc1. The second kappa shape index (κ2) is 7.30. The van der Waals surface area contributed by atoms with Crippen molar-refractivity contribution in [2.75, 3.05) is 0 Å². The van der Waals surface area contributed by atoms with E-state index < -0.39 is 0 Å². The van der Waals surface area contributed by atoms with Crippen molar-refractivity contribution in [3.8, 4) is 0 Å². The van der Waals surface area contributed by atoms with Crippen LogP contribution >= 0.6 is 11.8 Å². The highest BCUT2D eigenvalue weighted by atomic mass is 32.2. The topological polar surface area (TPSA) is 17.8 Å². The number of hydrogen-bond acceptors (Lipinski definition) is 2. The molecule has 3 aromatic carbocycles. The molecule has 1 aromatic heterocycles. The van der Waals surface area contributed by atoms with Gasteiger partial charge in [-0.3, -0.25) is 0 Å². The number of imidazole rings is 1. The quantitative estimate of drug-likeness (QED) is 0.425. The Morgan fingerprint density at radius 3 is 2.08 bits per heavy atom. The third-order valence-corrected chi connectivity index (χ3v) is 5.20. The molecule has 0 bridgehead atoms. The van der Waals surface area contributed by atoms with Gasteiger partial charge in [0, 0.05) is 5.75 Å². The molecule has 0 radical (unpaired) electrons. The Labute approximate surface area is 154 Å². The van der Waals surface area contributed by atoms with Gasteiger partial charge in [-0.15, -0.1) is 0 Å². The molecular formula is C21H16F2N2S. The van der Waals surface area contributed by atoms with Crippen LogP contribution in [0.5, 0.6) is 0 Å². The first-order valence-electron chi connectivity index (χ1n) is 8.26. The number of halogens is 2. The van der Waals surface area contributed by atoms with E-state index in [2.05, 4.69) is 4.57 Å². The minimum Gasteiger partial charge on any atom is -0.314 e. The Bertz CT molecular complexity index is 1020. The molecule has 0 unspecified atom stereocenters. The van der Waals surface area contributed by atoms with Gasteiger partial charge in [0.05, 0.1) is 17.6 Å². The number of thioether (sulfide) groups is 1. The van der Waals surface area contributed by atoms with E-state index in [1.54, 1.807) is 36.0 Å². The molecule has 0 amide bonds. The lowest BCUT2D eigenvalue weighted by Gasteiger charge is -2.09. The van der Waals surface area contributed by atoms with Gasteiger partial charge in [0.2, 0.25) is 0 Å². The fourth-order valence-electron chi connectivity index (χ4n) is 2.82. The second-order valence-electron chi connectivity index (χ2n) is 6.01. The number of nitrogens with zero attached hydrogens (tertiary/aromatic N) is 2. The van der Waals surface area contributed by atoms with Gasteiger partial charge in [0.25, 0.3) is 0 Å². The van der Waals surface area contributed by atoms with Gasteiger partial charge < -0.3 is 4.57 Å². The van der Waals surface area contributed by atoms with Crippen molar-refractivity contribution in [3.63, 3.8) is 0 Å². The Balaban J connectivity index is 1.64. The molecule has 1 heterocycles. The predicted octanol–water partition coefficient (Wildman–Crippen LogP) is 5.66. The summed E-state index contributed by atoms with van der Waals surface area (Å²) in [5.74, 6) is 0.227. The second-order valence-corrected chi connectivity index (χ2v) is 6.95. The number of rotatable bonds is 5. The fourth-order valence-corrected chi connectivity index (χ4v) is 3.79. The molecular weight excluding hydrogens is 350 g/mol. The van der Waals surface area contributed by atoms with Crippen LogP contribution in [0, 0.1) is 11.6 Å². The monoisotopic (exact) mass is 366 g/mol. The maximum atomic E-state index is 13.2. The average Bonchev–Trinajstić information content (AvgIpc) is 3.01. The molecule has 0 spiro atoms. The smallest absolute Gasteiger partial charge is 0.169 e. The molecule has 0 aliphatic carbocycles. The van der Waals surface area contributed by atoms with Crippen molar-refractivity contribution in [2.45, 2.75) is 17.5 Å². The van der Waals surface area contributed by atoms with E-state index in [0.29, 0.717) is 12.3 Å². The normalized spacial score (nSPS) is 11.2. The van der Waals surface area contributed by atoms with E-state index in [-0.39, 0.29) is 11.6 Å². The van der Waals surface area contributed by atoms with Crippen LogP contribution < -0.4 is 0 Å². The number of benzene rings is 3. The summed E-state index contributed by atoms with van der Waals surface area (Å²) in [6, 6.07) is 21.0. The Morgan fingerprint density at radius 2 is 1.38 bits per heavy atom. The highest BCUT2D eigenvalue weighted by molar-refractivity contribution is 7.98. The van der Waals surface area contributed by atoms with E-state index >= 15 is 0 Å². The van der Waals surface area contributed by atoms with Gasteiger partial charge in [-0.05, 0) is 47.5 Å². The van der Waals surface area contributed by atoms with Crippen molar-refractivity contribution in [2.24, 2.45) is 0 Å². The first kappa shape index (κ1) is 16.8. The summed E-state index contributed by atoms with van der Waals surface area (Å²) in [6.07, 6.45) is 0. The average molecular weight is 366 g/mol. The van der Waals surface area contributed by atoms with Crippen LogP contribution in [0.2, 0.25) is 0 Å². The molecule has 26 heavy (non-hydrogen) atoms. The van der Waals surface area contributed by atoms with E-state index in [1.807, 2.05) is 24.3 Å². The summed E-state index contributed by atoms with van der Waals surface area (Å²) in [5.41, 5.74) is 4.02. The predicted molar refractivity (Wildman–Crippen MR) is 101 cm³/mol. The van der Waals surface area contributed by atoms with E-state index in [9.17, 15) is 8.78 Å². The molecule has 4 rings (SSSR count). The number of para-hydroxylation sites is 2. The minimum absolute atomic E-state index is 0.234. The molecule has 0 N–H and O–H groups in total. The standard InChI is InChI=1S/C21H16F2N2S/c22-17-9-5-15(6-10-17)13-25-20-4-2-1-3-19(20)24-21(25)26-14-16-7-11-18(23)12-8-16/h1-12H,13-14H2. The lowest BCUT2D eigenvalue weighted by atomic mass is 10.2. The van der Waals surface area contributed by atoms with Gasteiger partial charge in [-0.1, -0.05) is 48.2 Å². The zero-order valence-corrected chi connectivity index (χ0v) is 14.7. The highest BCUT2D eigenvalue weighted by Gasteiger charge is 2.12. The van der Waals surface area contributed by atoms with E-state index in [0.717, 1.165) is 27.3 Å². The van der Waals surface area contributed by atoms with Crippen LogP contribution in [0.15, 0.2) is 78.0 Å². The van der Waals surface area contributed by atoms with Crippen molar-refractivity contribution >= 4 is 22.8 Å². The Morgan fingerprint density at radius 1 is 0.769 bits per heavy atom. The lowest BCUT2D eigenvalue weighted by molar-refractivity contribution is 0.625.